The van der Waals surface area contributed by atoms with Gasteiger partial charge in [-0.2, -0.15) is 0 Å². The smallest absolute Gasteiger partial charge is 0.143 e. The zero-order valence-corrected chi connectivity index (χ0v) is 31.5. The molecule has 2 aromatic heterocycles. The van der Waals surface area contributed by atoms with Crippen LogP contribution in [0.4, 0.5) is 17.1 Å². The molecule has 59 heavy (non-hydrogen) atoms. The molecule has 3 heteroatoms. The van der Waals surface area contributed by atoms with Crippen molar-refractivity contribution in [1.82, 2.24) is 4.57 Å². The molecular formula is C56H36N2O. The van der Waals surface area contributed by atoms with Crippen molar-refractivity contribution in [3.63, 3.8) is 0 Å². The van der Waals surface area contributed by atoms with Gasteiger partial charge in [0, 0.05) is 55.1 Å². The van der Waals surface area contributed by atoms with Crippen LogP contribution >= 0.6 is 0 Å². The van der Waals surface area contributed by atoms with E-state index in [-0.39, 0.29) is 46.8 Å². The van der Waals surface area contributed by atoms with Crippen molar-refractivity contribution >= 4 is 82.4 Å². The number of hydrogen-bond acceptors (Lipinski definition) is 2. The van der Waals surface area contributed by atoms with Gasteiger partial charge in [-0.05, 0) is 87.8 Å². The summed E-state index contributed by atoms with van der Waals surface area (Å²) in [6, 6.07) is 50.5. The van der Waals surface area contributed by atoms with E-state index in [2.05, 4.69) is 6.07 Å². The molecule has 0 spiro atoms. The van der Waals surface area contributed by atoms with Crippen LogP contribution in [0.25, 0.3) is 93.2 Å². The molecule has 0 aliphatic rings. The standard InChI is InChI=1S/C56H36N2O/c1-3-16-43-37(13-1)15-11-21-44(43)39-27-30-40(31-28-39)57(41-32-34-42(35-33-41)58-53-25-9-5-18-46(53)47-19-6-10-26-54(47)58)52-24-8-7-20-48(52)49-22-12-23-50-51-36-29-38-14-2-4-17-45(38)55(51)59-56(49)50/h1-36H/i27D,28D,30D,31D,32D,33D,34D,35D. The van der Waals surface area contributed by atoms with E-state index in [0.29, 0.717) is 44.6 Å². The van der Waals surface area contributed by atoms with Gasteiger partial charge in [0.1, 0.15) is 11.2 Å². The molecule has 3 nitrogen and oxygen atoms in total. The largest absolute Gasteiger partial charge is 0.455 e. The number of fused-ring (bicyclic) bond motifs is 9. The van der Waals surface area contributed by atoms with E-state index >= 15 is 0 Å². The minimum atomic E-state index is -0.434. The number of furan rings is 1. The fourth-order valence-electron chi connectivity index (χ4n) is 8.67. The molecule has 0 aliphatic carbocycles. The molecule has 0 radical (unpaired) electrons. The molecule has 276 valence electrons. The van der Waals surface area contributed by atoms with E-state index in [9.17, 15) is 11.0 Å². The van der Waals surface area contributed by atoms with Crippen molar-refractivity contribution in [2.45, 2.75) is 0 Å². The van der Waals surface area contributed by atoms with E-state index < -0.39 is 24.2 Å². The normalized spacial score (nSPS) is 13.6. The van der Waals surface area contributed by atoms with Crippen molar-refractivity contribution in [1.29, 1.82) is 0 Å². The average Bonchev–Trinajstić information content (AvgIpc) is 3.91. The highest BCUT2D eigenvalue weighted by Gasteiger charge is 2.22. The lowest BCUT2D eigenvalue weighted by atomic mass is 9.97. The number of hydrogen-bond donors (Lipinski definition) is 0. The summed E-state index contributed by atoms with van der Waals surface area (Å²) < 4.78 is 86.8. The molecule has 0 saturated heterocycles. The minimum absolute atomic E-state index is 0.0366. The van der Waals surface area contributed by atoms with Gasteiger partial charge in [-0.3, -0.25) is 0 Å². The maximum Gasteiger partial charge on any atom is 0.143 e. The highest BCUT2D eigenvalue weighted by Crippen LogP contribution is 2.46. The van der Waals surface area contributed by atoms with Gasteiger partial charge in [-0.1, -0.05) is 158 Å². The SMILES string of the molecule is [2H]c1c([2H])c(N(c2ccccc2-c2cccc3c2oc2c4ccccc4ccc32)c2c([2H])c([2H])c(-n3c4ccccc4c4ccccc43)c([2H])c2[2H])c([2H])c([2H])c1-c1cccc2ccccc12. The van der Waals surface area contributed by atoms with Crippen molar-refractivity contribution in [2.75, 3.05) is 4.90 Å². The first kappa shape index (κ1) is 26.1. The Balaban J connectivity index is 1.17. The Kier molecular flexibility index (Phi) is 5.92. The molecule has 0 fully saturated rings. The summed E-state index contributed by atoms with van der Waals surface area (Å²) in [6.45, 7) is 0. The Morgan fingerprint density at radius 2 is 0.881 bits per heavy atom. The molecule has 12 rings (SSSR count). The van der Waals surface area contributed by atoms with Crippen molar-refractivity contribution < 1.29 is 15.4 Å². The topological polar surface area (TPSA) is 21.3 Å². The minimum Gasteiger partial charge on any atom is -0.455 e. The molecule has 0 N–H and O–H groups in total. The van der Waals surface area contributed by atoms with Crippen LogP contribution in [0.3, 0.4) is 0 Å². The van der Waals surface area contributed by atoms with Crippen LogP contribution in [-0.4, -0.2) is 4.57 Å². The summed E-state index contributed by atoms with van der Waals surface area (Å²) >= 11 is 0. The summed E-state index contributed by atoms with van der Waals surface area (Å²) in [5, 5.41) is 7.12. The second-order valence-electron chi connectivity index (χ2n) is 14.6. The van der Waals surface area contributed by atoms with Crippen molar-refractivity contribution in [3.05, 3.63) is 218 Å². The molecule has 0 atom stereocenters. The molecule has 10 aromatic carbocycles. The second-order valence-corrected chi connectivity index (χ2v) is 14.6. The van der Waals surface area contributed by atoms with Gasteiger partial charge in [-0.25, -0.2) is 0 Å². The number of para-hydroxylation sites is 4. The lowest BCUT2D eigenvalue weighted by molar-refractivity contribution is 0.674. The highest BCUT2D eigenvalue weighted by molar-refractivity contribution is 6.18. The van der Waals surface area contributed by atoms with Gasteiger partial charge in [0.25, 0.3) is 0 Å². The first-order valence-corrected chi connectivity index (χ1v) is 19.5. The van der Waals surface area contributed by atoms with Crippen LogP contribution in [0, 0.1) is 0 Å². The third kappa shape index (κ3) is 5.29. The van der Waals surface area contributed by atoms with E-state index in [4.69, 9.17) is 4.42 Å². The predicted molar refractivity (Wildman–Crippen MR) is 249 cm³/mol. The monoisotopic (exact) mass is 760 g/mol. The van der Waals surface area contributed by atoms with E-state index in [1.54, 1.807) is 22.8 Å². The summed E-state index contributed by atoms with van der Waals surface area (Å²) in [5.74, 6) is 0. The van der Waals surface area contributed by atoms with E-state index in [1.807, 2.05) is 146 Å². The molecule has 0 bridgehead atoms. The number of anilines is 3. The summed E-state index contributed by atoms with van der Waals surface area (Å²) in [4.78, 5) is 1.39. The first-order chi connectivity index (χ1) is 32.6. The molecule has 0 aliphatic heterocycles. The highest BCUT2D eigenvalue weighted by atomic mass is 16.3. The van der Waals surface area contributed by atoms with E-state index in [1.165, 1.54) is 4.90 Å². The molecule has 12 aromatic rings. The molecule has 0 amide bonds. The Bertz CT molecular complexity index is 3950. The zero-order valence-electron chi connectivity index (χ0n) is 39.5. The van der Waals surface area contributed by atoms with Gasteiger partial charge >= 0.3 is 0 Å². The Labute approximate surface area is 352 Å². The Morgan fingerprint density at radius 3 is 1.63 bits per heavy atom. The molecule has 2 heterocycles. The summed E-state index contributed by atoms with van der Waals surface area (Å²) in [7, 11) is 0. The molecular weight excluding hydrogens is 717 g/mol. The van der Waals surface area contributed by atoms with Crippen LogP contribution in [0.1, 0.15) is 11.0 Å². The van der Waals surface area contributed by atoms with Gasteiger partial charge in [-0.15, -0.1) is 0 Å². The van der Waals surface area contributed by atoms with E-state index in [0.717, 1.165) is 43.1 Å². The zero-order chi connectivity index (χ0) is 45.8. The Morgan fingerprint density at radius 1 is 0.373 bits per heavy atom. The summed E-state index contributed by atoms with van der Waals surface area (Å²) in [5.41, 5.74) is 4.33. The van der Waals surface area contributed by atoms with Crippen LogP contribution in [0.5, 0.6) is 0 Å². The predicted octanol–water partition coefficient (Wildman–Crippen LogP) is 15.8. The van der Waals surface area contributed by atoms with Gasteiger partial charge in [0.05, 0.1) is 27.7 Å². The Hall–Kier alpha value is -7.88. The van der Waals surface area contributed by atoms with Crippen LogP contribution in [0.15, 0.2) is 223 Å². The molecule has 0 unspecified atom stereocenters. The maximum absolute atomic E-state index is 9.91. The van der Waals surface area contributed by atoms with Gasteiger partial charge < -0.3 is 13.9 Å². The van der Waals surface area contributed by atoms with Crippen LogP contribution in [-0.2, 0) is 0 Å². The number of nitrogens with zero attached hydrogens (tertiary/aromatic N) is 2. The lowest BCUT2D eigenvalue weighted by Gasteiger charge is -2.28. The molecule has 0 saturated carbocycles. The fourth-order valence-corrected chi connectivity index (χ4v) is 8.67. The average molecular weight is 761 g/mol. The third-order valence-electron chi connectivity index (χ3n) is 11.3. The van der Waals surface area contributed by atoms with Crippen LogP contribution in [0.2, 0.25) is 0 Å². The quantitative estimate of drug-likeness (QED) is 0.168. The second kappa shape index (κ2) is 13.4. The maximum atomic E-state index is 9.91. The first-order valence-electron chi connectivity index (χ1n) is 23.5. The number of aromatic nitrogens is 1. The van der Waals surface area contributed by atoms with Gasteiger partial charge in [0.15, 0.2) is 0 Å². The van der Waals surface area contributed by atoms with Crippen LogP contribution < -0.4 is 4.90 Å². The fraction of sp³-hybridized carbons (Fsp3) is 0. The third-order valence-corrected chi connectivity index (χ3v) is 11.3. The number of rotatable bonds is 6. The van der Waals surface area contributed by atoms with Crippen molar-refractivity contribution in [2.24, 2.45) is 0 Å². The summed E-state index contributed by atoms with van der Waals surface area (Å²) in [6.07, 6.45) is 0. The van der Waals surface area contributed by atoms with Crippen molar-refractivity contribution in [3.8, 4) is 27.9 Å². The van der Waals surface area contributed by atoms with Gasteiger partial charge in [0.2, 0.25) is 0 Å². The lowest BCUT2D eigenvalue weighted by Crippen LogP contribution is -2.11. The number of benzene rings is 10.